The third-order valence-electron chi connectivity index (χ3n) is 18.5. The van der Waals surface area contributed by atoms with Gasteiger partial charge in [-0.1, -0.05) is 115 Å². The Kier molecular flexibility index (Phi) is 11.5. The summed E-state index contributed by atoms with van der Waals surface area (Å²) in [6, 6.07) is 81.3. The number of anilines is 11. The van der Waals surface area contributed by atoms with Crippen LogP contribution in [0.15, 0.2) is 231 Å². The van der Waals surface area contributed by atoms with Crippen molar-refractivity contribution in [2.45, 2.75) is 0 Å². The van der Waals surface area contributed by atoms with E-state index in [1.807, 2.05) is 91.0 Å². The van der Waals surface area contributed by atoms with Gasteiger partial charge in [-0.05, 0) is 153 Å². The van der Waals surface area contributed by atoms with Crippen molar-refractivity contribution in [1.82, 2.24) is 9.97 Å². The molecule has 0 fully saturated rings. The minimum Gasteiger partial charge on any atom is -0.457 e. The zero-order chi connectivity index (χ0) is 59.5. The van der Waals surface area contributed by atoms with Gasteiger partial charge in [0, 0.05) is 128 Å². The minimum atomic E-state index is -0.227. The van der Waals surface area contributed by atoms with Crippen LogP contribution in [0.5, 0.6) is 46.0 Å². The summed E-state index contributed by atoms with van der Waals surface area (Å²) < 4.78 is 34.9. The number of rotatable bonds is 10. The van der Waals surface area contributed by atoms with Crippen LogP contribution in [-0.4, -0.2) is 48.9 Å². The van der Waals surface area contributed by atoms with Crippen molar-refractivity contribution in [3.8, 4) is 46.0 Å². The lowest BCUT2D eigenvalue weighted by molar-refractivity contribution is 0.465. The van der Waals surface area contributed by atoms with Crippen molar-refractivity contribution in [2.75, 3.05) is 41.9 Å². The Morgan fingerprint density at radius 2 is 0.833 bits per heavy atom. The van der Waals surface area contributed by atoms with Gasteiger partial charge in [-0.15, -0.1) is 0 Å². The highest BCUT2D eigenvalue weighted by Gasteiger charge is 2.51. The number of aromatic amines is 2. The molecule has 0 aliphatic carbocycles. The second-order valence-electron chi connectivity index (χ2n) is 23.3. The summed E-state index contributed by atoms with van der Waals surface area (Å²) in [4.78, 5) is 10.4. The number of nitrogens with one attached hydrogen (secondary N) is 3. The maximum Gasteiger partial charge on any atom is 0.276 e. The van der Waals surface area contributed by atoms with Crippen LogP contribution < -0.4 is 91.5 Å². The molecule has 0 amide bonds. The van der Waals surface area contributed by atoms with Crippen LogP contribution >= 0.6 is 35.8 Å². The number of fused-ring (bicyclic) bond motifs is 16. The molecule has 0 atom stereocenters. The van der Waals surface area contributed by atoms with Crippen molar-refractivity contribution in [2.24, 2.45) is 0 Å². The lowest BCUT2D eigenvalue weighted by Gasteiger charge is -2.45. The number of hydrogen-bond acceptors (Lipinski definition) is 12. The Morgan fingerprint density at radius 3 is 1.44 bits per heavy atom. The van der Waals surface area contributed by atoms with E-state index < -0.39 is 0 Å². The standard InChI is InChI=1S/C73H50B3N7O4S3/c1-88-81-59-40-57-51(75-67-58(77-57)32-46(84-43-22-10-5-11-23-43)33-62(67)80(42-20-8-4-9-21-42)70-49-28-16-18-30-55(49)78-72(70)75)38-52(59)74-53-39-54-61(41-60(53)82(89-2)64-35-47(34-63(81)68(64)74)85-44-24-12-6-13-25-44)83(90-3)65-36-48(86-45-26-14-7-15-27-45)37-66-69(65)76(54)73-71(87-66)50-29-17-19-31-56(50)79-73/h4-41,77-79H,1-3H3. The second kappa shape index (κ2) is 20.0. The van der Waals surface area contributed by atoms with Gasteiger partial charge >= 0.3 is 0 Å². The summed E-state index contributed by atoms with van der Waals surface area (Å²) in [7, 11) is 0. The molecule has 0 unspecified atom stereocenters. The fourth-order valence-electron chi connectivity index (χ4n) is 15.1. The molecule has 3 N–H and O–H groups in total. The number of hydrogen-bond donors (Lipinski definition) is 3. The average Bonchev–Trinajstić information content (AvgIpc) is 1.01. The Balaban J connectivity index is 0.866. The molecule has 17 heteroatoms. The molecule has 0 radical (unpaired) electrons. The van der Waals surface area contributed by atoms with Crippen LogP contribution in [0, 0.1) is 0 Å². The van der Waals surface area contributed by atoms with Crippen LogP contribution in [0.25, 0.3) is 21.8 Å². The number of H-pyrrole nitrogens is 2. The first-order valence-corrected chi connectivity index (χ1v) is 33.6. The Morgan fingerprint density at radius 1 is 0.367 bits per heavy atom. The highest BCUT2D eigenvalue weighted by molar-refractivity contribution is 8.01. The van der Waals surface area contributed by atoms with Gasteiger partial charge in [0.2, 0.25) is 0 Å². The molecular weight excluding hydrogens is 1170 g/mol. The van der Waals surface area contributed by atoms with Crippen molar-refractivity contribution < 1.29 is 18.9 Å². The first kappa shape index (κ1) is 51.9. The third kappa shape index (κ3) is 7.63. The van der Waals surface area contributed by atoms with Gasteiger partial charge in [-0.2, -0.15) is 0 Å². The lowest BCUT2D eigenvalue weighted by atomic mass is 9.30. The van der Waals surface area contributed by atoms with E-state index in [4.69, 9.17) is 18.9 Å². The average molecular weight is 1220 g/mol. The normalized spacial score (nSPS) is 13.9. The van der Waals surface area contributed by atoms with Crippen LogP contribution in [0.2, 0.25) is 0 Å². The van der Waals surface area contributed by atoms with E-state index in [2.05, 4.69) is 191 Å². The summed E-state index contributed by atoms with van der Waals surface area (Å²) in [5, 5.41) is 6.28. The van der Waals surface area contributed by atoms with Crippen LogP contribution in [0.1, 0.15) is 0 Å². The van der Waals surface area contributed by atoms with Crippen molar-refractivity contribution in [3.05, 3.63) is 231 Å². The van der Waals surface area contributed by atoms with E-state index >= 15 is 0 Å². The molecule has 0 saturated carbocycles. The van der Waals surface area contributed by atoms with Crippen LogP contribution in [0.4, 0.5) is 62.6 Å². The van der Waals surface area contributed by atoms with Crippen LogP contribution in [0.3, 0.4) is 0 Å². The third-order valence-corrected chi connectivity index (χ3v) is 20.8. The molecule has 0 bridgehead atoms. The summed E-state index contributed by atoms with van der Waals surface area (Å²) >= 11 is 5.12. The van der Waals surface area contributed by atoms with E-state index in [0.717, 1.165) is 141 Å². The Bertz CT molecular complexity index is 5160. The monoisotopic (exact) mass is 1220 g/mol. The zero-order valence-electron chi connectivity index (χ0n) is 48.8. The van der Waals surface area contributed by atoms with Gasteiger partial charge in [-0.25, -0.2) is 0 Å². The van der Waals surface area contributed by atoms with Crippen molar-refractivity contribution in [1.29, 1.82) is 0 Å². The molecule has 6 aliphatic rings. The highest BCUT2D eigenvalue weighted by Crippen LogP contribution is 2.51. The van der Waals surface area contributed by atoms with E-state index in [1.54, 1.807) is 35.8 Å². The smallest absolute Gasteiger partial charge is 0.276 e. The number of aromatic nitrogens is 2. The molecule has 11 aromatic carbocycles. The Labute approximate surface area is 533 Å². The van der Waals surface area contributed by atoms with Gasteiger partial charge in [-0.3, -0.25) is 12.9 Å². The maximum absolute atomic E-state index is 7.17. The SMILES string of the molecule is CSN1c2cc3c(cc2B2c4[nH]c5ccccc5c4Oc4cc(Oc5ccccc5)cc1c42)B1c2cc4c(cc2N(SC)c2cc(Oc5ccccc5)cc(c21)N3SC)Nc1cc(Oc2ccccc2)cc2c1B4c1[nH]c3ccccc3c1N2c1ccccc1. The van der Waals surface area contributed by atoms with Gasteiger partial charge in [0.05, 0.1) is 22.7 Å². The molecule has 2 aromatic heterocycles. The van der Waals surface area contributed by atoms with Gasteiger partial charge in [0.25, 0.3) is 20.1 Å². The van der Waals surface area contributed by atoms with Gasteiger partial charge < -0.3 is 39.1 Å². The molecule has 13 aromatic rings. The molecule has 0 saturated heterocycles. The number of nitrogens with zero attached hydrogens (tertiary/aromatic N) is 4. The Hall–Kier alpha value is -10.1. The fraction of sp³-hybridized carbons (Fsp3) is 0.0411. The largest absolute Gasteiger partial charge is 0.457 e. The number of para-hydroxylation sites is 6. The molecule has 19 rings (SSSR count). The van der Waals surface area contributed by atoms with Gasteiger partial charge in [0.15, 0.2) is 0 Å². The topological polar surface area (TPSA) is 93.5 Å². The quantitative estimate of drug-likeness (QED) is 0.0899. The summed E-state index contributed by atoms with van der Waals surface area (Å²) in [5.74, 6) is 6.10. The minimum absolute atomic E-state index is 0.201. The summed E-state index contributed by atoms with van der Waals surface area (Å²) in [5.41, 5.74) is 24.3. The molecule has 90 heavy (non-hydrogen) atoms. The molecule has 0 spiro atoms. The second-order valence-corrected chi connectivity index (χ2v) is 25.5. The van der Waals surface area contributed by atoms with E-state index in [9.17, 15) is 0 Å². The van der Waals surface area contributed by atoms with Crippen molar-refractivity contribution in [3.63, 3.8) is 0 Å². The molecule has 11 nitrogen and oxygen atoms in total. The number of ether oxygens (including phenoxy) is 4. The molecular formula is C73H50B3N7O4S3. The number of benzene rings is 11. The molecule has 8 heterocycles. The highest BCUT2D eigenvalue weighted by atomic mass is 32.2. The van der Waals surface area contributed by atoms with E-state index in [0.29, 0.717) is 5.75 Å². The molecule has 428 valence electrons. The zero-order valence-corrected chi connectivity index (χ0v) is 51.3. The van der Waals surface area contributed by atoms with Gasteiger partial charge in [0.1, 0.15) is 46.0 Å². The maximum atomic E-state index is 7.17. The fourth-order valence-corrected chi connectivity index (χ4v) is 17.2. The first-order chi connectivity index (χ1) is 44.5. The van der Waals surface area contributed by atoms with E-state index in [-0.39, 0.29) is 20.1 Å². The predicted octanol–water partition coefficient (Wildman–Crippen LogP) is 13.7. The first-order valence-electron chi connectivity index (χ1n) is 30.1. The molecule has 6 aliphatic heterocycles. The summed E-state index contributed by atoms with van der Waals surface area (Å²) in [6.07, 6.45) is 6.53. The van der Waals surface area contributed by atoms with E-state index in [1.165, 1.54) is 32.8 Å². The lowest BCUT2D eigenvalue weighted by Crippen LogP contribution is -2.66. The van der Waals surface area contributed by atoms with Crippen LogP contribution in [-0.2, 0) is 0 Å². The van der Waals surface area contributed by atoms with Crippen molar-refractivity contribution >= 4 is 190 Å². The summed E-state index contributed by atoms with van der Waals surface area (Å²) in [6.45, 7) is -0.646. The predicted molar refractivity (Wildman–Crippen MR) is 381 cm³/mol.